The van der Waals surface area contributed by atoms with Crippen LogP contribution in [0.25, 0.3) is 16.1 Å². The highest BCUT2D eigenvalue weighted by Gasteiger charge is 2.27. The van der Waals surface area contributed by atoms with Crippen molar-refractivity contribution in [1.82, 2.24) is 36.3 Å². The van der Waals surface area contributed by atoms with Crippen molar-refractivity contribution in [2.45, 2.75) is 37.9 Å². The Hall–Kier alpha value is -7.19. The number of phenols is 1. The third kappa shape index (κ3) is 11.2. The van der Waals surface area contributed by atoms with Gasteiger partial charge < -0.3 is 26.8 Å². The number of rotatable bonds is 15. The molecule has 4 aromatic carbocycles. The Morgan fingerprint density at radius 3 is 2.15 bits per heavy atom. The van der Waals surface area contributed by atoms with Crippen LogP contribution in [-0.2, 0) is 22.7 Å². The Morgan fingerprint density at radius 2 is 1.51 bits per heavy atom. The molecule has 0 radical (unpaired) electrons. The molecule has 5 aromatic rings. The number of aromatic hydroxyl groups is 1. The molecular weight excluding hydrogens is 676 g/mol. The van der Waals surface area contributed by atoms with Crippen LogP contribution in [0, 0.1) is 0 Å². The first-order valence-corrected chi connectivity index (χ1v) is 16.7. The molecule has 5 rings (SSSR count). The summed E-state index contributed by atoms with van der Waals surface area (Å²) < 4.78 is 1.51. The van der Waals surface area contributed by atoms with Gasteiger partial charge >= 0.3 is 6.03 Å². The van der Waals surface area contributed by atoms with Gasteiger partial charge in [-0.2, -0.15) is 0 Å². The highest BCUT2D eigenvalue weighted by atomic mass is 16.3. The topological polar surface area (TPSA) is 237 Å². The summed E-state index contributed by atoms with van der Waals surface area (Å²) >= 11 is 0. The third-order valence-electron chi connectivity index (χ3n) is 7.98. The number of hydrogen-bond acceptors (Lipinski definition) is 8. The molecule has 0 saturated heterocycles. The zero-order chi connectivity index (χ0) is 37.4. The number of nitrogens with two attached hydrogens (primary N) is 1. The van der Waals surface area contributed by atoms with Crippen LogP contribution in [0.15, 0.2) is 125 Å². The molecule has 16 nitrogen and oxygen atoms in total. The summed E-state index contributed by atoms with van der Waals surface area (Å²) in [6.45, 7) is 0.416. The van der Waals surface area contributed by atoms with Crippen molar-refractivity contribution >= 4 is 29.5 Å². The third-order valence-corrected chi connectivity index (χ3v) is 7.98. The van der Waals surface area contributed by atoms with Gasteiger partial charge in [0.05, 0.1) is 24.3 Å². The minimum absolute atomic E-state index is 0.0590. The van der Waals surface area contributed by atoms with Crippen LogP contribution in [-0.4, -0.2) is 56.5 Å². The average Bonchev–Trinajstić information content (AvgIpc) is 3.65. The minimum Gasteiger partial charge on any atom is -0.508 e. The molecule has 0 aliphatic carbocycles. The zero-order valence-corrected chi connectivity index (χ0v) is 28.5. The molecule has 4 amide bonds. The standard InChI is InChI=1S/C37H38N12O4/c38-36(44-37(53)42-23-29-24-49(48-46-29)30-17-15-28(16-18-30)45-47-39)40-21-7-12-32(34(51)41-22-25-13-19-31(50)20-14-25)43-35(52)33(26-8-3-1-4-9-26)27-10-5-2-6-11-27/h1-6,8-11,13-20,24,32-33,50H,7,12,21-23H2,(H,41,51)(H,43,52)(H4,38,40,42,44,53)/t32-/m1/s1. The van der Waals surface area contributed by atoms with Crippen molar-refractivity contribution in [2.75, 3.05) is 6.54 Å². The van der Waals surface area contributed by atoms with E-state index in [1.54, 1.807) is 42.6 Å². The molecule has 0 spiro atoms. The molecule has 1 heterocycles. The quantitative estimate of drug-likeness (QED) is 0.0227. The molecule has 1 aromatic heterocycles. The van der Waals surface area contributed by atoms with Crippen LogP contribution in [0.3, 0.4) is 0 Å². The highest BCUT2D eigenvalue weighted by Crippen LogP contribution is 2.25. The minimum atomic E-state index is -0.903. The van der Waals surface area contributed by atoms with E-state index >= 15 is 0 Å². The largest absolute Gasteiger partial charge is 0.508 e. The molecule has 0 unspecified atom stereocenters. The maximum atomic E-state index is 13.9. The van der Waals surface area contributed by atoms with Gasteiger partial charge in [0.15, 0.2) is 5.96 Å². The predicted molar refractivity (Wildman–Crippen MR) is 198 cm³/mol. The van der Waals surface area contributed by atoms with Gasteiger partial charge in [-0.1, -0.05) is 95.3 Å². The fourth-order valence-electron chi connectivity index (χ4n) is 5.33. The van der Waals surface area contributed by atoms with Gasteiger partial charge in [-0.15, -0.1) is 5.10 Å². The number of benzene rings is 4. The second-order valence-electron chi connectivity index (χ2n) is 11.8. The lowest BCUT2D eigenvalue weighted by Crippen LogP contribution is -2.48. The Labute approximate surface area is 304 Å². The van der Waals surface area contributed by atoms with Gasteiger partial charge in [0.25, 0.3) is 0 Å². The number of urea groups is 1. The van der Waals surface area contributed by atoms with Gasteiger partial charge in [-0.05, 0) is 59.3 Å². The smallest absolute Gasteiger partial charge is 0.321 e. The summed E-state index contributed by atoms with van der Waals surface area (Å²) in [7, 11) is 0. The average molecular weight is 715 g/mol. The van der Waals surface area contributed by atoms with Crippen molar-refractivity contribution in [3.8, 4) is 11.4 Å². The van der Waals surface area contributed by atoms with Gasteiger partial charge in [0.2, 0.25) is 11.8 Å². The normalized spacial score (nSPS) is 11.6. The maximum Gasteiger partial charge on any atom is 0.321 e. The molecule has 0 aliphatic heterocycles. The van der Waals surface area contributed by atoms with E-state index in [0.29, 0.717) is 23.5 Å². The first-order chi connectivity index (χ1) is 25.8. The number of carbonyl (C=O) groups is 3. The first kappa shape index (κ1) is 37.1. The van der Waals surface area contributed by atoms with Gasteiger partial charge in [-0.3, -0.25) is 19.9 Å². The Balaban J connectivity index is 1.16. The van der Waals surface area contributed by atoms with E-state index in [-0.39, 0.29) is 49.6 Å². The van der Waals surface area contributed by atoms with Crippen molar-refractivity contribution in [3.63, 3.8) is 0 Å². The molecule has 0 fully saturated rings. The number of azide groups is 1. The molecule has 0 aliphatic rings. The summed E-state index contributed by atoms with van der Waals surface area (Å²) in [4.78, 5) is 46.8. The molecule has 53 heavy (non-hydrogen) atoms. The Morgan fingerprint density at radius 1 is 0.849 bits per heavy atom. The van der Waals surface area contributed by atoms with Gasteiger partial charge in [0, 0.05) is 23.7 Å². The molecule has 270 valence electrons. The van der Waals surface area contributed by atoms with Crippen molar-refractivity contribution < 1.29 is 19.5 Å². The number of nitrogens with one attached hydrogen (secondary N) is 4. The maximum absolute atomic E-state index is 13.9. The van der Waals surface area contributed by atoms with Crippen molar-refractivity contribution in [2.24, 2.45) is 15.8 Å². The highest BCUT2D eigenvalue weighted by molar-refractivity contribution is 5.95. The van der Waals surface area contributed by atoms with E-state index in [1.807, 2.05) is 60.7 Å². The second kappa shape index (κ2) is 18.7. The summed E-state index contributed by atoms with van der Waals surface area (Å²) in [6.07, 6.45) is 2.23. The molecule has 0 saturated carbocycles. The number of aromatic nitrogens is 3. The second-order valence-corrected chi connectivity index (χ2v) is 11.8. The van der Waals surface area contributed by atoms with Crippen LogP contribution in [0.2, 0.25) is 0 Å². The lowest BCUT2D eigenvalue weighted by molar-refractivity contribution is -0.129. The molecular formula is C37H38N12O4. The Kier molecular flexibility index (Phi) is 13.1. The van der Waals surface area contributed by atoms with Crippen molar-refractivity contribution in [3.05, 3.63) is 148 Å². The molecule has 1 atom stereocenters. The number of amides is 4. The van der Waals surface area contributed by atoms with Crippen LogP contribution in [0.5, 0.6) is 5.75 Å². The number of carbonyl (C=O) groups excluding carboxylic acids is 3. The summed E-state index contributed by atoms with van der Waals surface area (Å²) in [5, 5.41) is 32.2. The van der Waals surface area contributed by atoms with Gasteiger partial charge in [0.1, 0.15) is 17.5 Å². The van der Waals surface area contributed by atoms with E-state index in [9.17, 15) is 19.5 Å². The summed E-state index contributed by atoms with van der Waals surface area (Å²) in [5.41, 5.74) is 18.5. The first-order valence-electron chi connectivity index (χ1n) is 16.7. The number of guanidine groups is 1. The van der Waals surface area contributed by atoms with Crippen LogP contribution < -0.4 is 27.0 Å². The van der Waals surface area contributed by atoms with E-state index in [0.717, 1.165) is 16.7 Å². The number of aliphatic imine (C=N–C) groups is 1. The zero-order valence-electron chi connectivity index (χ0n) is 28.5. The van der Waals surface area contributed by atoms with E-state index in [1.165, 1.54) is 16.8 Å². The number of hydrogen-bond donors (Lipinski definition) is 6. The summed E-state index contributed by atoms with van der Waals surface area (Å²) in [5.74, 6) is -1.39. The Bertz CT molecular complexity index is 2010. The van der Waals surface area contributed by atoms with E-state index < -0.39 is 18.0 Å². The molecule has 7 N–H and O–H groups in total. The number of phenolic OH excluding ortho intramolecular Hbond substituents is 1. The van der Waals surface area contributed by atoms with Crippen LogP contribution in [0.4, 0.5) is 10.5 Å². The fourth-order valence-corrected chi connectivity index (χ4v) is 5.33. The number of nitrogens with zero attached hydrogens (tertiary/aromatic N) is 7. The molecule has 0 bridgehead atoms. The predicted octanol–water partition coefficient (Wildman–Crippen LogP) is 4.44. The van der Waals surface area contributed by atoms with Crippen molar-refractivity contribution in [1.29, 1.82) is 0 Å². The fraction of sp³-hybridized carbons (Fsp3) is 0.189. The van der Waals surface area contributed by atoms with E-state index in [2.05, 4.69) is 46.6 Å². The lowest BCUT2D eigenvalue weighted by Gasteiger charge is -2.23. The summed E-state index contributed by atoms with van der Waals surface area (Å²) in [6, 6.07) is 30.3. The van der Waals surface area contributed by atoms with Gasteiger partial charge in [-0.25, -0.2) is 9.48 Å². The van der Waals surface area contributed by atoms with Crippen LogP contribution >= 0.6 is 0 Å². The van der Waals surface area contributed by atoms with E-state index in [4.69, 9.17) is 11.3 Å². The van der Waals surface area contributed by atoms with Crippen LogP contribution in [0.1, 0.15) is 41.1 Å². The monoisotopic (exact) mass is 714 g/mol. The SMILES string of the molecule is [N-]=[N+]=Nc1ccc(-n2cc(CNC(=O)NC(N)=NCCC[C@@H](NC(=O)C(c3ccccc3)c3ccccc3)C(=O)NCc3ccc(O)cc3)nn2)cc1. The molecule has 16 heteroatoms. The lowest BCUT2D eigenvalue weighted by atomic mass is 9.90.